The summed E-state index contributed by atoms with van der Waals surface area (Å²) < 4.78 is 7.25. The Balaban J connectivity index is 1.74. The van der Waals surface area contributed by atoms with E-state index in [4.69, 9.17) is 27.9 Å². The van der Waals surface area contributed by atoms with Gasteiger partial charge in [0.15, 0.2) is 11.0 Å². The van der Waals surface area contributed by atoms with E-state index < -0.39 is 0 Å². The number of carbonyl (C=O) groups is 1. The van der Waals surface area contributed by atoms with Gasteiger partial charge < -0.3 is 4.74 Å². The lowest BCUT2D eigenvalue weighted by atomic mass is 10.2. The Kier molecular flexibility index (Phi) is 5.62. The Bertz CT molecular complexity index is 1010. The molecule has 0 amide bonds. The minimum Gasteiger partial charge on any atom is -0.462 e. The molecule has 1 aliphatic rings. The largest absolute Gasteiger partial charge is 0.462 e. The zero-order valence-corrected chi connectivity index (χ0v) is 17.3. The number of thioether (sulfide) groups is 1. The number of halogens is 2. The average Bonchev–Trinajstić information content (AvgIpc) is 3.19. The predicted octanol–water partition coefficient (Wildman–Crippen LogP) is 5.10. The van der Waals surface area contributed by atoms with E-state index in [1.165, 1.54) is 11.8 Å². The van der Waals surface area contributed by atoms with Crippen molar-refractivity contribution in [2.75, 3.05) is 0 Å². The van der Waals surface area contributed by atoms with Crippen LogP contribution in [0, 0.1) is 0 Å². The maximum Gasteiger partial charge on any atom is 0.319 e. The summed E-state index contributed by atoms with van der Waals surface area (Å²) in [6.07, 6.45) is 0.569. The molecule has 3 aromatic rings. The topological polar surface area (TPSA) is 57.0 Å². The Morgan fingerprint density at radius 2 is 1.96 bits per heavy atom. The van der Waals surface area contributed by atoms with Crippen LogP contribution in [0.15, 0.2) is 53.7 Å². The smallest absolute Gasteiger partial charge is 0.319 e. The SMILES string of the molecule is C[C@@H]1C[C@@H](Sc2nnc(-c3ccc(Cl)cc3Cl)n2Cc2ccccc2)C(=O)O1. The quantitative estimate of drug-likeness (QED) is 0.524. The summed E-state index contributed by atoms with van der Waals surface area (Å²) in [4.78, 5) is 12.1. The molecule has 0 unspecified atom stereocenters. The maximum atomic E-state index is 12.1. The predicted molar refractivity (Wildman–Crippen MR) is 111 cm³/mol. The summed E-state index contributed by atoms with van der Waals surface area (Å²) in [6.45, 7) is 2.45. The van der Waals surface area contributed by atoms with Crippen molar-refractivity contribution in [3.8, 4) is 11.4 Å². The number of benzene rings is 2. The van der Waals surface area contributed by atoms with Crippen LogP contribution in [0.3, 0.4) is 0 Å². The Labute approximate surface area is 177 Å². The van der Waals surface area contributed by atoms with Crippen molar-refractivity contribution >= 4 is 40.9 Å². The number of rotatable bonds is 5. The second kappa shape index (κ2) is 8.15. The fraction of sp³-hybridized carbons (Fsp3) is 0.250. The highest BCUT2D eigenvalue weighted by atomic mass is 35.5. The van der Waals surface area contributed by atoms with Crippen molar-refractivity contribution in [2.24, 2.45) is 0 Å². The molecule has 5 nitrogen and oxygen atoms in total. The molecule has 2 atom stereocenters. The molecule has 1 aromatic heterocycles. The van der Waals surface area contributed by atoms with E-state index in [1.54, 1.807) is 12.1 Å². The van der Waals surface area contributed by atoms with Gasteiger partial charge in [0.2, 0.25) is 0 Å². The fourth-order valence-electron chi connectivity index (χ4n) is 3.10. The van der Waals surface area contributed by atoms with Gasteiger partial charge in [0.05, 0.1) is 11.6 Å². The number of ether oxygens (including phenoxy) is 1. The lowest BCUT2D eigenvalue weighted by molar-refractivity contribution is -0.140. The van der Waals surface area contributed by atoms with Gasteiger partial charge in [-0.25, -0.2) is 0 Å². The van der Waals surface area contributed by atoms with E-state index in [0.717, 1.165) is 11.1 Å². The molecule has 0 spiro atoms. The Hall–Kier alpha value is -2.02. The number of hydrogen-bond acceptors (Lipinski definition) is 5. The van der Waals surface area contributed by atoms with Gasteiger partial charge in [-0.1, -0.05) is 65.3 Å². The molecule has 0 radical (unpaired) electrons. The highest BCUT2D eigenvalue weighted by Crippen LogP contribution is 2.35. The lowest BCUT2D eigenvalue weighted by Gasteiger charge is -2.12. The molecule has 28 heavy (non-hydrogen) atoms. The van der Waals surface area contributed by atoms with Crippen LogP contribution in [0.2, 0.25) is 10.0 Å². The summed E-state index contributed by atoms with van der Waals surface area (Å²) in [6, 6.07) is 15.3. The van der Waals surface area contributed by atoms with Gasteiger partial charge in [-0.3, -0.25) is 9.36 Å². The first-order chi connectivity index (χ1) is 13.5. The van der Waals surface area contributed by atoms with E-state index in [-0.39, 0.29) is 17.3 Å². The first-order valence-electron chi connectivity index (χ1n) is 8.81. The third kappa shape index (κ3) is 4.04. The van der Waals surface area contributed by atoms with E-state index >= 15 is 0 Å². The van der Waals surface area contributed by atoms with Crippen LogP contribution in [-0.4, -0.2) is 32.1 Å². The summed E-state index contributed by atoms with van der Waals surface area (Å²) in [5.41, 5.74) is 1.83. The third-order valence-corrected chi connectivity index (χ3v) is 6.18. The first kappa shape index (κ1) is 19.3. The highest BCUT2D eigenvalue weighted by Gasteiger charge is 2.34. The van der Waals surface area contributed by atoms with Crippen LogP contribution < -0.4 is 0 Å². The molecule has 0 bridgehead atoms. The zero-order valence-electron chi connectivity index (χ0n) is 15.0. The fourth-order valence-corrected chi connectivity index (χ4v) is 4.73. The molecule has 1 aliphatic heterocycles. The molecule has 0 saturated carbocycles. The number of carbonyl (C=O) groups excluding carboxylic acids is 1. The van der Waals surface area contributed by atoms with Crippen molar-refractivity contribution in [1.82, 2.24) is 14.8 Å². The standard InChI is InChI=1S/C20H17Cl2N3O2S/c1-12-9-17(19(26)27-12)28-20-24-23-18(15-8-7-14(21)10-16(15)22)25(20)11-13-5-3-2-4-6-13/h2-8,10,12,17H,9,11H2,1H3/t12-,17-/m1/s1. The molecule has 2 aromatic carbocycles. The van der Waals surface area contributed by atoms with Gasteiger partial charge >= 0.3 is 5.97 Å². The number of hydrogen-bond donors (Lipinski definition) is 0. The van der Waals surface area contributed by atoms with Crippen molar-refractivity contribution in [3.05, 3.63) is 64.1 Å². The van der Waals surface area contributed by atoms with Crippen LogP contribution in [0.1, 0.15) is 18.9 Å². The summed E-state index contributed by atoms with van der Waals surface area (Å²) >= 11 is 13.8. The molecule has 2 heterocycles. The summed E-state index contributed by atoms with van der Waals surface area (Å²) in [5.74, 6) is 0.422. The van der Waals surface area contributed by atoms with Crippen LogP contribution in [0.4, 0.5) is 0 Å². The second-order valence-corrected chi connectivity index (χ2v) is 8.61. The van der Waals surface area contributed by atoms with Gasteiger partial charge in [0, 0.05) is 17.0 Å². The molecule has 0 N–H and O–H groups in total. The molecule has 4 rings (SSSR count). The average molecular weight is 434 g/mol. The van der Waals surface area contributed by atoms with Crippen molar-refractivity contribution in [1.29, 1.82) is 0 Å². The van der Waals surface area contributed by atoms with Gasteiger partial charge in [-0.05, 0) is 30.7 Å². The Morgan fingerprint density at radius 3 is 2.64 bits per heavy atom. The van der Waals surface area contributed by atoms with Gasteiger partial charge in [0.1, 0.15) is 11.4 Å². The normalized spacial score (nSPS) is 19.0. The first-order valence-corrected chi connectivity index (χ1v) is 10.4. The van der Waals surface area contributed by atoms with E-state index in [1.807, 2.05) is 47.9 Å². The molecule has 1 fully saturated rings. The molecule has 144 valence electrons. The lowest BCUT2D eigenvalue weighted by Crippen LogP contribution is -2.12. The maximum absolute atomic E-state index is 12.1. The summed E-state index contributed by atoms with van der Waals surface area (Å²) in [5, 5.41) is 10.1. The molecule has 0 aliphatic carbocycles. The number of nitrogens with zero attached hydrogens (tertiary/aromatic N) is 3. The van der Waals surface area contributed by atoms with Crippen molar-refractivity contribution in [3.63, 3.8) is 0 Å². The van der Waals surface area contributed by atoms with Crippen molar-refractivity contribution in [2.45, 2.75) is 36.4 Å². The van der Waals surface area contributed by atoms with E-state index in [0.29, 0.717) is 34.0 Å². The van der Waals surface area contributed by atoms with Crippen LogP contribution >= 0.6 is 35.0 Å². The number of cyclic esters (lactones) is 1. The van der Waals surface area contributed by atoms with Crippen LogP contribution in [0.5, 0.6) is 0 Å². The zero-order chi connectivity index (χ0) is 19.7. The Morgan fingerprint density at radius 1 is 1.18 bits per heavy atom. The van der Waals surface area contributed by atoms with Crippen LogP contribution in [0.25, 0.3) is 11.4 Å². The third-order valence-electron chi connectivity index (χ3n) is 4.45. The number of aromatic nitrogens is 3. The van der Waals surface area contributed by atoms with E-state index in [2.05, 4.69) is 10.2 Å². The van der Waals surface area contributed by atoms with Gasteiger partial charge in [-0.2, -0.15) is 0 Å². The minimum atomic E-state index is -0.290. The molecular weight excluding hydrogens is 417 g/mol. The van der Waals surface area contributed by atoms with Gasteiger partial charge in [-0.15, -0.1) is 10.2 Å². The molecule has 8 heteroatoms. The van der Waals surface area contributed by atoms with Gasteiger partial charge in [0.25, 0.3) is 0 Å². The van der Waals surface area contributed by atoms with Crippen molar-refractivity contribution < 1.29 is 9.53 Å². The molecule has 1 saturated heterocycles. The van der Waals surface area contributed by atoms with E-state index in [9.17, 15) is 4.79 Å². The monoisotopic (exact) mass is 433 g/mol. The summed E-state index contributed by atoms with van der Waals surface area (Å²) in [7, 11) is 0. The van der Waals surface area contributed by atoms with Crippen LogP contribution in [-0.2, 0) is 16.1 Å². The highest BCUT2D eigenvalue weighted by molar-refractivity contribution is 8.00. The second-order valence-electron chi connectivity index (χ2n) is 6.59. The molecular formula is C20H17Cl2N3O2S. The minimum absolute atomic E-state index is 0.0827. The number of esters is 1.